The van der Waals surface area contributed by atoms with Crippen LogP contribution in [-0.4, -0.2) is 15.9 Å². The smallest absolute Gasteiger partial charge is 0.310 e. The largest absolute Gasteiger partial charge is 0.502 e. The van der Waals surface area contributed by atoms with Crippen LogP contribution in [0.15, 0.2) is 36.4 Å². The lowest BCUT2D eigenvalue weighted by molar-refractivity contribution is -0.385. The van der Waals surface area contributed by atoms with Gasteiger partial charge in [0.25, 0.3) is 5.91 Å². The van der Waals surface area contributed by atoms with Crippen LogP contribution in [0.2, 0.25) is 0 Å². The summed E-state index contributed by atoms with van der Waals surface area (Å²) < 4.78 is 26.1. The SMILES string of the molecule is O=C(Nc1ccc(F)cc1F)c1ccc([N+](=O)[O-])c(O)c1. The van der Waals surface area contributed by atoms with Crippen molar-refractivity contribution in [1.29, 1.82) is 0 Å². The van der Waals surface area contributed by atoms with Crippen LogP contribution in [0, 0.1) is 21.7 Å². The number of anilines is 1. The average Bonchev–Trinajstić information content (AvgIpc) is 2.41. The second-order valence-corrected chi connectivity index (χ2v) is 4.04. The molecule has 0 aliphatic heterocycles. The van der Waals surface area contributed by atoms with Gasteiger partial charge in [0.05, 0.1) is 10.6 Å². The number of benzene rings is 2. The first-order chi connectivity index (χ1) is 9.88. The number of nitrogens with one attached hydrogen (secondary N) is 1. The monoisotopic (exact) mass is 294 g/mol. The maximum atomic E-state index is 13.4. The Hall–Kier alpha value is -3.03. The summed E-state index contributed by atoms with van der Waals surface area (Å²) in [4.78, 5) is 21.6. The third-order valence-corrected chi connectivity index (χ3v) is 2.61. The Bertz CT molecular complexity index is 734. The molecule has 0 atom stereocenters. The van der Waals surface area contributed by atoms with Crippen LogP contribution in [0.4, 0.5) is 20.2 Å². The first-order valence-corrected chi connectivity index (χ1v) is 5.62. The molecule has 0 aromatic heterocycles. The van der Waals surface area contributed by atoms with Crippen LogP contribution in [-0.2, 0) is 0 Å². The van der Waals surface area contributed by atoms with Gasteiger partial charge in [0, 0.05) is 17.7 Å². The minimum atomic E-state index is -0.963. The maximum absolute atomic E-state index is 13.4. The van der Waals surface area contributed by atoms with E-state index in [0.717, 1.165) is 30.3 Å². The Balaban J connectivity index is 2.24. The first kappa shape index (κ1) is 14.4. The molecule has 2 rings (SSSR count). The average molecular weight is 294 g/mol. The van der Waals surface area contributed by atoms with Gasteiger partial charge in [-0.1, -0.05) is 0 Å². The Kier molecular flexibility index (Phi) is 3.79. The van der Waals surface area contributed by atoms with Gasteiger partial charge in [-0.25, -0.2) is 8.78 Å². The van der Waals surface area contributed by atoms with E-state index in [4.69, 9.17) is 0 Å². The zero-order chi connectivity index (χ0) is 15.6. The summed E-state index contributed by atoms with van der Waals surface area (Å²) >= 11 is 0. The van der Waals surface area contributed by atoms with Crippen molar-refractivity contribution in [2.45, 2.75) is 0 Å². The van der Waals surface area contributed by atoms with E-state index in [-0.39, 0.29) is 11.3 Å². The molecule has 1 amide bonds. The number of phenols is 1. The summed E-state index contributed by atoms with van der Waals surface area (Å²) in [7, 11) is 0. The highest BCUT2D eigenvalue weighted by Gasteiger charge is 2.17. The number of rotatable bonds is 3. The molecule has 0 saturated carbocycles. The zero-order valence-corrected chi connectivity index (χ0v) is 10.3. The van der Waals surface area contributed by atoms with Crippen molar-refractivity contribution >= 4 is 17.3 Å². The van der Waals surface area contributed by atoms with Crippen molar-refractivity contribution in [3.05, 3.63) is 63.7 Å². The molecule has 0 aliphatic rings. The van der Waals surface area contributed by atoms with Gasteiger partial charge in [-0.05, 0) is 24.3 Å². The van der Waals surface area contributed by atoms with Crippen LogP contribution in [0.3, 0.4) is 0 Å². The summed E-state index contributed by atoms with van der Waals surface area (Å²) in [5, 5.41) is 22.1. The number of phenolic OH excluding ortho intramolecular Hbond substituents is 1. The van der Waals surface area contributed by atoms with Gasteiger partial charge in [0.2, 0.25) is 0 Å². The van der Waals surface area contributed by atoms with Gasteiger partial charge >= 0.3 is 5.69 Å². The van der Waals surface area contributed by atoms with Crippen molar-refractivity contribution in [3.8, 4) is 5.75 Å². The molecule has 0 radical (unpaired) electrons. The van der Waals surface area contributed by atoms with Crippen molar-refractivity contribution < 1.29 is 23.6 Å². The van der Waals surface area contributed by atoms with E-state index < -0.39 is 33.9 Å². The summed E-state index contributed by atoms with van der Waals surface area (Å²) in [6.07, 6.45) is 0. The fourth-order valence-electron chi connectivity index (χ4n) is 1.60. The number of nitrogens with zero attached hydrogens (tertiary/aromatic N) is 1. The van der Waals surface area contributed by atoms with Crippen LogP contribution in [0.25, 0.3) is 0 Å². The second kappa shape index (κ2) is 5.53. The molecule has 0 bridgehead atoms. The highest BCUT2D eigenvalue weighted by atomic mass is 19.1. The molecule has 0 unspecified atom stereocenters. The Morgan fingerprint density at radius 1 is 1.19 bits per heavy atom. The predicted octanol–water partition coefficient (Wildman–Crippen LogP) is 2.83. The van der Waals surface area contributed by atoms with E-state index in [0.29, 0.717) is 6.07 Å². The number of carbonyl (C=O) groups excluding carboxylic acids is 1. The minimum Gasteiger partial charge on any atom is -0.502 e. The molecule has 21 heavy (non-hydrogen) atoms. The molecule has 0 heterocycles. The van der Waals surface area contributed by atoms with Gasteiger partial charge in [-0.3, -0.25) is 14.9 Å². The van der Waals surface area contributed by atoms with Crippen molar-refractivity contribution in [2.75, 3.05) is 5.32 Å². The number of hydrogen-bond acceptors (Lipinski definition) is 4. The topological polar surface area (TPSA) is 92.5 Å². The molecule has 0 saturated heterocycles. The predicted molar refractivity (Wildman–Crippen MR) is 69.1 cm³/mol. The number of nitro benzene ring substituents is 1. The number of hydrogen-bond donors (Lipinski definition) is 2. The van der Waals surface area contributed by atoms with Crippen LogP contribution >= 0.6 is 0 Å². The molecule has 6 nitrogen and oxygen atoms in total. The fraction of sp³-hybridized carbons (Fsp3) is 0. The van der Waals surface area contributed by atoms with Crippen molar-refractivity contribution in [1.82, 2.24) is 0 Å². The molecule has 0 fully saturated rings. The standard InChI is InChI=1S/C13H8F2N2O4/c14-8-2-3-10(9(15)6-8)16-13(19)7-1-4-11(17(20)21)12(18)5-7/h1-6,18H,(H,16,19). The third-order valence-electron chi connectivity index (χ3n) is 2.61. The first-order valence-electron chi connectivity index (χ1n) is 5.62. The summed E-state index contributed by atoms with van der Waals surface area (Å²) in [6.45, 7) is 0. The zero-order valence-electron chi connectivity index (χ0n) is 10.3. The molecule has 2 aromatic rings. The lowest BCUT2D eigenvalue weighted by Crippen LogP contribution is -2.13. The van der Waals surface area contributed by atoms with Gasteiger partial charge in [-0.15, -0.1) is 0 Å². The lowest BCUT2D eigenvalue weighted by Gasteiger charge is -2.07. The fourth-order valence-corrected chi connectivity index (χ4v) is 1.60. The number of aromatic hydroxyl groups is 1. The van der Waals surface area contributed by atoms with E-state index in [1.54, 1.807) is 0 Å². The molecule has 0 spiro atoms. The van der Waals surface area contributed by atoms with E-state index in [9.17, 15) is 28.8 Å². The number of amides is 1. The number of carbonyl (C=O) groups is 1. The van der Waals surface area contributed by atoms with Crippen molar-refractivity contribution in [2.24, 2.45) is 0 Å². The highest BCUT2D eigenvalue weighted by Crippen LogP contribution is 2.26. The molecule has 0 aliphatic carbocycles. The molecule has 108 valence electrons. The van der Waals surface area contributed by atoms with E-state index in [1.807, 2.05) is 0 Å². The van der Waals surface area contributed by atoms with E-state index in [1.165, 1.54) is 0 Å². The van der Waals surface area contributed by atoms with Gasteiger partial charge in [-0.2, -0.15) is 0 Å². The number of nitro groups is 1. The molecular formula is C13H8F2N2O4. The summed E-state index contributed by atoms with van der Waals surface area (Å²) in [5.41, 5.74) is -0.916. The Morgan fingerprint density at radius 3 is 2.48 bits per heavy atom. The quantitative estimate of drug-likeness (QED) is 0.672. The highest BCUT2D eigenvalue weighted by molar-refractivity contribution is 6.04. The number of halogens is 2. The summed E-state index contributed by atoms with van der Waals surface area (Å²) in [6, 6.07) is 5.54. The van der Waals surface area contributed by atoms with Gasteiger partial charge < -0.3 is 10.4 Å². The van der Waals surface area contributed by atoms with Crippen LogP contribution in [0.5, 0.6) is 5.75 Å². The van der Waals surface area contributed by atoms with Crippen molar-refractivity contribution in [3.63, 3.8) is 0 Å². The third kappa shape index (κ3) is 3.11. The van der Waals surface area contributed by atoms with Gasteiger partial charge in [0.15, 0.2) is 5.75 Å². The maximum Gasteiger partial charge on any atom is 0.310 e. The van der Waals surface area contributed by atoms with Crippen LogP contribution < -0.4 is 5.32 Å². The van der Waals surface area contributed by atoms with Gasteiger partial charge in [0.1, 0.15) is 11.6 Å². The Labute approximate surface area is 116 Å². The van der Waals surface area contributed by atoms with E-state index >= 15 is 0 Å². The molecule has 2 N–H and O–H groups in total. The molecule has 2 aromatic carbocycles. The molecular weight excluding hydrogens is 286 g/mol. The van der Waals surface area contributed by atoms with E-state index in [2.05, 4.69) is 5.32 Å². The van der Waals surface area contributed by atoms with Crippen LogP contribution in [0.1, 0.15) is 10.4 Å². The Morgan fingerprint density at radius 2 is 1.90 bits per heavy atom. The molecule has 8 heteroatoms. The summed E-state index contributed by atoms with van der Waals surface area (Å²) in [5.74, 6) is -3.24. The lowest BCUT2D eigenvalue weighted by atomic mass is 10.1. The minimum absolute atomic E-state index is 0.109. The second-order valence-electron chi connectivity index (χ2n) is 4.04. The normalized spacial score (nSPS) is 10.2.